The Hall–Kier alpha value is -2.54. The number of aromatic nitrogens is 4. The molecule has 128 valence electrons. The topological polar surface area (TPSA) is 60.7 Å². The molecule has 0 atom stereocenters. The lowest BCUT2D eigenvalue weighted by molar-refractivity contribution is 0.102. The molecule has 5 nitrogen and oxygen atoms in total. The van der Waals surface area contributed by atoms with Gasteiger partial charge in [0.25, 0.3) is 0 Å². The molecule has 25 heavy (non-hydrogen) atoms. The second-order valence-corrected chi connectivity index (χ2v) is 6.45. The lowest BCUT2D eigenvalue weighted by atomic mass is 10.1. The van der Waals surface area contributed by atoms with E-state index in [4.69, 9.17) is 0 Å². The van der Waals surface area contributed by atoms with Crippen molar-refractivity contribution in [3.63, 3.8) is 0 Å². The molecule has 0 saturated heterocycles. The third kappa shape index (κ3) is 4.30. The zero-order chi connectivity index (χ0) is 17.6. The highest BCUT2D eigenvalue weighted by Crippen LogP contribution is 2.20. The summed E-state index contributed by atoms with van der Waals surface area (Å²) in [6.45, 7) is 2.12. The van der Waals surface area contributed by atoms with Crippen LogP contribution in [-0.4, -0.2) is 31.7 Å². The molecule has 0 amide bonds. The van der Waals surface area contributed by atoms with E-state index in [1.807, 2.05) is 24.3 Å². The van der Waals surface area contributed by atoms with E-state index < -0.39 is 0 Å². The average Bonchev–Trinajstić information content (AvgIpc) is 3.09. The minimum absolute atomic E-state index is 0.00170. The molecular formula is C18H17FN4OS. The van der Waals surface area contributed by atoms with Crippen molar-refractivity contribution in [1.29, 1.82) is 0 Å². The van der Waals surface area contributed by atoms with Gasteiger partial charge in [0.15, 0.2) is 5.78 Å². The highest BCUT2D eigenvalue weighted by Gasteiger charge is 2.13. The third-order valence-electron chi connectivity index (χ3n) is 3.64. The first-order valence-corrected chi connectivity index (χ1v) is 8.95. The van der Waals surface area contributed by atoms with Crippen LogP contribution in [0.25, 0.3) is 5.69 Å². The van der Waals surface area contributed by atoms with Gasteiger partial charge in [-0.15, -0.1) is 5.10 Å². The molecule has 0 aliphatic rings. The van der Waals surface area contributed by atoms with Crippen LogP contribution in [0.15, 0.2) is 53.7 Å². The van der Waals surface area contributed by atoms with Gasteiger partial charge in [-0.2, -0.15) is 4.68 Å². The predicted octanol–water partition coefficient (Wildman–Crippen LogP) is 3.73. The molecule has 0 spiro atoms. The van der Waals surface area contributed by atoms with Crippen LogP contribution in [0.5, 0.6) is 0 Å². The molecule has 1 aromatic heterocycles. The second-order valence-electron chi connectivity index (χ2n) is 5.51. The molecule has 0 unspecified atom stereocenters. The fourth-order valence-corrected chi connectivity index (χ4v) is 3.18. The van der Waals surface area contributed by atoms with Gasteiger partial charge >= 0.3 is 0 Å². The third-order valence-corrected chi connectivity index (χ3v) is 4.56. The van der Waals surface area contributed by atoms with Gasteiger partial charge in [0.1, 0.15) is 5.82 Å². The summed E-state index contributed by atoms with van der Waals surface area (Å²) in [5.74, 6) is -0.156. The highest BCUT2D eigenvalue weighted by molar-refractivity contribution is 7.99. The van der Waals surface area contributed by atoms with E-state index in [2.05, 4.69) is 22.4 Å². The summed E-state index contributed by atoms with van der Waals surface area (Å²) in [7, 11) is 0. The predicted molar refractivity (Wildman–Crippen MR) is 94.6 cm³/mol. The minimum Gasteiger partial charge on any atom is -0.293 e. The van der Waals surface area contributed by atoms with E-state index in [1.165, 1.54) is 34.1 Å². The van der Waals surface area contributed by atoms with Gasteiger partial charge in [-0.05, 0) is 40.6 Å². The van der Waals surface area contributed by atoms with Crippen molar-refractivity contribution >= 4 is 17.5 Å². The van der Waals surface area contributed by atoms with Crippen molar-refractivity contribution in [2.24, 2.45) is 0 Å². The number of hydrogen-bond acceptors (Lipinski definition) is 5. The Morgan fingerprint density at radius 3 is 2.72 bits per heavy atom. The number of halogens is 1. The molecule has 2 aromatic carbocycles. The van der Waals surface area contributed by atoms with E-state index in [-0.39, 0.29) is 17.4 Å². The first kappa shape index (κ1) is 17.3. The number of thioether (sulfide) groups is 1. The SMILES string of the molecule is CCCc1ccc(C(=O)CSc2nnnn2-c2cccc(F)c2)cc1. The fourth-order valence-electron chi connectivity index (χ4n) is 2.40. The number of benzene rings is 2. The number of tetrazole rings is 1. The van der Waals surface area contributed by atoms with Gasteiger partial charge in [0.05, 0.1) is 11.4 Å². The van der Waals surface area contributed by atoms with Crippen molar-refractivity contribution in [3.8, 4) is 5.69 Å². The van der Waals surface area contributed by atoms with Gasteiger partial charge in [-0.25, -0.2) is 4.39 Å². The molecule has 0 fully saturated rings. The van der Waals surface area contributed by atoms with Crippen LogP contribution in [0, 0.1) is 5.82 Å². The van der Waals surface area contributed by atoms with E-state index in [0.29, 0.717) is 16.4 Å². The first-order chi connectivity index (χ1) is 12.2. The molecule has 0 aliphatic heterocycles. The number of ketones is 1. The summed E-state index contributed by atoms with van der Waals surface area (Å²) >= 11 is 1.23. The molecule has 0 aliphatic carbocycles. The van der Waals surface area contributed by atoms with E-state index >= 15 is 0 Å². The Balaban J connectivity index is 1.68. The Morgan fingerprint density at radius 2 is 2.00 bits per heavy atom. The maximum absolute atomic E-state index is 13.4. The van der Waals surface area contributed by atoms with Crippen LogP contribution in [-0.2, 0) is 6.42 Å². The molecule has 0 N–H and O–H groups in total. The zero-order valence-electron chi connectivity index (χ0n) is 13.7. The molecule has 1 heterocycles. The Kier molecular flexibility index (Phi) is 5.55. The van der Waals surface area contributed by atoms with Crippen molar-refractivity contribution in [3.05, 3.63) is 65.5 Å². The fraction of sp³-hybridized carbons (Fsp3) is 0.222. The summed E-state index contributed by atoms with van der Waals surface area (Å²) in [6.07, 6.45) is 2.08. The minimum atomic E-state index is -0.368. The van der Waals surface area contributed by atoms with Crippen LogP contribution in [0.4, 0.5) is 4.39 Å². The summed E-state index contributed by atoms with van der Waals surface area (Å²) in [4.78, 5) is 12.4. The van der Waals surface area contributed by atoms with Gasteiger partial charge in [0, 0.05) is 5.56 Å². The molecule has 0 bridgehead atoms. The maximum atomic E-state index is 13.4. The lowest BCUT2D eigenvalue weighted by Crippen LogP contribution is -2.05. The van der Waals surface area contributed by atoms with Gasteiger partial charge in [-0.1, -0.05) is 55.4 Å². The van der Waals surface area contributed by atoms with Gasteiger partial charge in [0.2, 0.25) is 5.16 Å². The second kappa shape index (κ2) is 8.02. The molecule has 7 heteroatoms. The summed E-state index contributed by atoms with van der Waals surface area (Å²) in [5, 5.41) is 11.8. The Labute approximate surface area is 149 Å². The van der Waals surface area contributed by atoms with Crippen molar-refractivity contribution in [2.75, 3.05) is 5.75 Å². The van der Waals surface area contributed by atoms with Gasteiger partial charge < -0.3 is 0 Å². The van der Waals surface area contributed by atoms with Gasteiger partial charge in [-0.3, -0.25) is 4.79 Å². The number of carbonyl (C=O) groups excluding carboxylic acids is 1. The van der Waals surface area contributed by atoms with Crippen LogP contribution in [0.1, 0.15) is 29.3 Å². The maximum Gasteiger partial charge on any atom is 0.214 e. The normalized spacial score (nSPS) is 10.8. The smallest absolute Gasteiger partial charge is 0.214 e. The number of Topliss-reactive ketones (excluding diaryl/α,β-unsaturated/α-hetero) is 1. The molecule has 3 aromatic rings. The number of rotatable bonds is 7. The monoisotopic (exact) mass is 356 g/mol. The average molecular weight is 356 g/mol. The highest BCUT2D eigenvalue weighted by atomic mass is 32.2. The van der Waals surface area contributed by atoms with Crippen molar-refractivity contribution in [2.45, 2.75) is 24.9 Å². The Bertz CT molecular complexity index is 864. The largest absolute Gasteiger partial charge is 0.293 e. The van der Waals surface area contributed by atoms with E-state index in [0.717, 1.165) is 12.8 Å². The lowest BCUT2D eigenvalue weighted by Gasteiger charge is -2.05. The number of nitrogens with zero attached hydrogens (tertiary/aromatic N) is 4. The molecule has 3 rings (SSSR count). The quantitative estimate of drug-likeness (QED) is 0.477. The first-order valence-electron chi connectivity index (χ1n) is 7.96. The molecule has 0 saturated carbocycles. The molecular weight excluding hydrogens is 339 g/mol. The van der Waals surface area contributed by atoms with E-state index in [1.54, 1.807) is 12.1 Å². The number of aryl methyl sites for hydroxylation is 1. The van der Waals surface area contributed by atoms with Crippen LogP contribution in [0.3, 0.4) is 0 Å². The standard InChI is InChI=1S/C18H17FN4OS/c1-2-4-13-7-9-14(10-8-13)17(24)12-25-18-20-21-22-23(18)16-6-3-5-15(19)11-16/h3,5-11H,2,4,12H2,1H3. The van der Waals surface area contributed by atoms with Crippen LogP contribution in [0.2, 0.25) is 0 Å². The summed E-state index contributed by atoms with van der Waals surface area (Å²) < 4.78 is 14.8. The van der Waals surface area contributed by atoms with Crippen molar-refractivity contribution in [1.82, 2.24) is 20.2 Å². The van der Waals surface area contributed by atoms with Crippen LogP contribution >= 0.6 is 11.8 Å². The summed E-state index contributed by atoms with van der Waals surface area (Å²) in [6, 6.07) is 13.7. The summed E-state index contributed by atoms with van der Waals surface area (Å²) in [5.41, 5.74) is 2.41. The molecule has 0 radical (unpaired) electrons. The number of carbonyl (C=O) groups is 1. The number of hydrogen-bond donors (Lipinski definition) is 0. The van der Waals surface area contributed by atoms with Crippen LogP contribution < -0.4 is 0 Å². The zero-order valence-corrected chi connectivity index (χ0v) is 14.5. The van der Waals surface area contributed by atoms with E-state index in [9.17, 15) is 9.18 Å². The van der Waals surface area contributed by atoms with Crippen molar-refractivity contribution < 1.29 is 9.18 Å². The Morgan fingerprint density at radius 1 is 1.20 bits per heavy atom.